The molecule has 1 aliphatic heterocycles. The fourth-order valence-corrected chi connectivity index (χ4v) is 2.80. The first kappa shape index (κ1) is 14.6. The van der Waals surface area contributed by atoms with Gasteiger partial charge in [-0.25, -0.2) is 0 Å². The van der Waals surface area contributed by atoms with Crippen LogP contribution < -0.4 is 10.2 Å². The highest BCUT2D eigenvalue weighted by Gasteiger charge is 2.13. The highest BCUT2D eigenvalue weighted by Crippen LogP contribution is 2.20. The predicted molar refractivity (Wildman–Crippen MR) is 88.0 cm³/mol. The smallest absolute Gasteiger partial charge is 0.251 e. The summed E-state index contributed by atoms with van der Waals surface area (Å²) >= 11 is 0. The van der Waals surface area contributed by atoms with E-state index in [-0.39, 0.29) is 5.91 Å². The Hall–Kier alpha value is -2.36. The van der Waals surface area contributed by atoms with Gasteiger partial charge in [0.15, 0.2) is 0 Å². The van der Waals surface area contributed by atoms with Gasteiger partial charge in [0.05, 0.1) is 0 Å². The number of aryl methyl sites for hydroxylation is 1. The molecular formula is C18H21N3O. The number of carbonyl (C=O) groups is 1. The molecule has 0 spiro atoms. The van der Waals surface area contributed by atoms with Crippen LogP contribution in [0.25, 0.3) is 0 Å². The number of nitrogens with one attached hydrogen (secondary N) is 1. The number of carbonyl (C=O) groups excluding carboxylic acids is 1. The number of benzene rings is 1. The van der Waals surface area contributed by atoms with Crippen molar-refractivity contribution in [3.05, 3.63) is 59.4 Å². The van der Waals surface area contributed by atoms with Gasteiger partial charge in [-0.15, -0.1) is 0 Å². The summed E-state index contributed by atoms with van der Waals surface area (Å²) in [6.45, 7) is 4.71. The van der Waals surface area contributed by atoms with E-state index in [1.165, 1.54) is 18.5 Å². The summed E-state index contributed by atoms with van der Waals surface area (Å²) in [7, 11) is 0. The van der Waals surface area contributed by atoms with Crippen LogP contribution in [0, 0.1) is 6.92 Å². The minimum absolute atomic E-state index is 0.0394. The molecule has 2 aromatic rings. The second-order valence-corrected chi connectivity index (χ2v) is 5.73. The van der Waals surface area contributed by atoms with Gasteiger partial charge in [0.1, 0.15) is 0 Å². The fraction of sp³-hybridized carbons (Fsp3) is 0.333. The Kier molecular flexibility index (Phi) is 4.37. The third-order valence-electron chi connectivity index (χ3n) is 4.01. The number of anilines is 1. The lowest BCUT2D eigenvalue weighted by Gasteiger charge is -2.17. The lowest BCUT2D eigenvalue weighted by molar-refractivity contribution is 0.0951. The summed E-state index contributed by atoms with van der Waals surface area (Å²) < 4.78 is 0. The molecule has 0 bridgehead atoms. The lowest BCUT2D eigenvalue weighted by Crippen LogP contribution is -2.23. The Morgan fingerprint density at radius 3 is 2.59 bits per heavy atom. The van der Waals surface area contributed by atoms with Crippen molar-refractivity contribution in [2.75, 3.05) is 18.0 Å². The molecule has 1 aromatic heterocycles. The Bertz CT molecular complexity index is 646. The second kappa shape index (κ2) is 6.60. The molecule has 1 aliphatic rings. The first-order chi connectivity index (χ1) is 10.7. The summed E-state index contributed by atoms with van der Waals surface area (Å²) in [5.74, 6) is -0.0394. The Morgan fingerprint density at radius 2 is 1.91 bits per heavy atom. The maximum absolute atomic E-state index is 12.2. The van der Waals surface area contributed by atoms with Gasteiger partial charge < -0.3 is 10.2 Å². The quantitative estimate of drug-likeness (QED) is 0.943. The Labute approximate surface area is 131 Å². The van der Waals surface area contributed by atoms with Crippen LogP contribution in [0.3, 0.4) is 0 Å². The van der Waals surface area contributed by atoms with Gasteiger partial charge in [-0.2, -0.15) is 0 Å². The van der Waals surface area contributed by atoms with Crippen LogP contribution in [0.5, 0.6) is 0 Å². The van der Waals surface area contributed by atoms with Crippen LogP contribution in [-0.2, 0) is 6.54 Å². The van der Waals surface area contributed by atoms with Crippen LogP contribution in [0.15, 0.2) is 42.6 Å². The van der Waals surface area contributed by atoms with Crippen LogP contribution >= 0.6 is 0 Å². The molecule has 0 aliphatic carbocycles. The maximum atomic E-state index is 12.2. The van der Waals surface area contributed by atoms with Crippen molar-refractivity contribution in [1.82, 2.24) is 10.3 Å². The predicted octanol–water partition coefficient (Wildman–Crippen LogP) is 2.92. The molecule has 1 fully saturated rings. The second-order valence-electron chi connectivity index (χ2n) is 5.73. The van der Waals surface area contributed by atoms with Crippen molar-refractivity contribution >= 4 is 11.6 Å². The highest BCUT2D eigenvalue weighted by molar-refractivity contribution is 5.94. The Balaban J connectivity index is 1.60. The van der Waals surface area contributed by atoms with Crippen molar-refractivity contribution < 1.29 is 4.79 Å². The van der Waals surface area contributed by atoms with E-state index in [2.05, 4.69) is 15.2 Å². The molecule has 22 heavy (non-hydrogen) atoms. The van der Waals surface area contributed by atoms with E-state index in [4.69, 9.17) is 0 Å². The van der Waals surface area contributed by atoms with Crippen LogP contribution in [0.1, 0.15) is 34.5 Å². The van der Waals surface area contributed by atoms with Gasteiger partial charge in [0.2, 0.25) is 0 Å². The third-order valence-corrected chi connectivity index (χ3v) is 4.01. The number of nitrogens with zero attached hydrogens (tertiary/aromatic N) is 2. The van der Waals surface area contributed by atoms with Gasteiger partial charge in [-0.1, -0.05) is 0 Å². The van der Waals surface area contributed by atoms with E-state index in [9.17, 15) is 4.79 Å². The van der Waals surface area contributed by atoms with Crippen molar-refractivity contribution in [2.45, 2.75) is 26.3 Å². The zero-order valence-electron chi connectivity index (χ0n) is 12.9. The largest absolute Gasteiger partial charge is 0.372 e. The molecule has 2 heterocycles. The number of hydrogen-bond donors (Lipinski definition) is 1. The molecule has 0 saturated carbocycles. The summed E-state index contributed by atoms with van der Waals surface area (Å²) in [5, 5.41) is 2.95. The molecular weight excluding hydrogens is 274 g/mol. The average molecular weight is 295 g/mol. The summed E-state index contributed by atoms with van der Waals surface area (Å²) in [6, 6.07) is 11.8. The SMILES string of the molecule is Cc1cc(CNC(=O)c2ccc(N3CCCC3)cc2)ccn1. The topological polar surface area (TPSA) is 45.2 Å². The first-order valence-electron chi connectivity index (χ1n) is 7.77. The summed E-state index contributed by atoms with van der Waals surface area (Å²) in [5.41, 5.74) is 3.93. The highest BCUT2D eigenvalue weighted by atomic mass is 16.1. The number of pyridine rings is 1. The number of amides is 1. The molecule has 1 saturated heterocycles. The Morgan fingerprint density at radius 1 is 1.18 bits per heavy atom. The molecule has 1 aromatic carbocycles. The molecule has 0 radical (unpaired) electrons. The summed E-state index contributed by atoms with van der Waals surface area (Å²) in [4.78, 5) is 18.7. The fourth-order valence-electron chi connectivity index (χ4n) is 2.80. The van der Waals surface area contributed by atoms with Gasteiger partial charge in [0, 0.05) is 42.8 Å². The van der Waals surface area contributed by atoms with Crippen LogP contribution in [0.2, 0.25) is 0 Å². The maximum Gasteiger partial charge on any atom is 0.251 e. The van der Waals surface area contributed by atoms with Crippen LogP contribution in [0.4, 0.5) is 5.69 Å². The molecule has 0 unspecified atom stereocenters. The standard InChI is InChI=1S/C18H21N3O/c1-14-12-15(8-9-19-14)13-20-18(22)16-4-6-17(7-5-16)21-10-2-3-11-21/h4-9,12H,2-3,10-11,13H2,1H3,(H,20,22). The number of aromatic nitrogens is 1. The lowest BCUT2D eigenvalue weighted by atomic mass is 10.1. The van der Waals surface area contributed by atoms with E-state index in [0.29, 0.717) is 12.1 Å². The number of hydrogen-bond acceptors (Lipinski definition) is 3. The van der Waals surface area contributed by atoms with Gasteiger partial charge in [0.25, 0.3) is 5.91 Å². The van der Waals surface area contributed by atoms with E-state index in [0.717, 1.165) is 24.3 Å². The molecule has 1 amide bonds. The van der Waals surface area contributed by atoms with Gasteiger partial charge >= 0.3 is 0 Å². The molecule has 4 heteroatoms. The minimum Gasteiger partial charge on any atom is -0.372 e. The van der Waals surface area contributed by atoms with E-state index >= 15 is 0 Å². The number of rotatable bonds is 4. The van der Waals surface area contributed by atoms with E-state index in [1.54, 1.807) is 6.20 Å². The average Bonchev–Trinajstić information content (AvgIpc) is 3.07. The molecule has 114 valence electrons. The van der Waals surface area contributed by atoms with Crippen LogP contribution in [-0.4, -0.2) is 24.0 Å². The molecule has 0 atom stereocenters. The third kappa shape index (κ3) is 3.45. The van der Waals surface area contributed by atoms with Crippen molar-refractivity contribution in [3.8, 4) is 0 Å². The zero-order chi connectivity index (χ0) is 15.4. The first-order valence-corrected chi connectivity index (χ1v) is 7.77. The van der Waals surface area contributed by atoms with Gasteiger partial charge in [-0.05, 0) is 61.7 Å². The van der Waals surface area contributed by atoms with E-state index in [1.807, 2.05) is 43.3 Å². The van der Waals surface area contributed by atoms with Crippen molar-refractivity contribution in [3.63, 3.8) is 0 Å². The normalized spacial score (nSPS) is 14.1. The van der Waals surface area contributed by atoms with Gasteiger partial charge in [-0.3, -0.25) is 9.78 Å². The molecule has 1 N–H and O–H groups in total. The molecule has 4 nitrogen and oxygen atoms in total. The van der Waals surface area contributed by atoms with Crippen molar-refractivity contribution in [1.29, 1.82) is 0 Å². The van der Waals surface area contributed by atoms with E-state index < -0.39 is 0 Å². The zero-order valence-corrected chi connectivity index (χ0v) is 12.9. The summed E-state index contributed by atoms with van der Waals surface area (Å²) in [6.07, 6.45) is 4.28. The monoisotopic (exact) mass is 295 g/mol. The van der Waals surface area contributed by atoms with Crippen molar-refractivity contribution in [2.24, 2.45) is 0 Å². The minimum atomic E-state index is -0.0394. The molecule has 3 rings (SSSR count).